The molecule has 146 valence electrons. The van der Waals surface area contributed by atoms with Crippen LogP contribution < -0.4 is 15.8 Å². The van der Waals surface area contributed by atoms with E-state index in [1.54, 1.807) is 7.11 Å². The van der Waals surface area contributed by atoms with Gasteiger partial charge >= 0.3 is 0 Å². The van der Waals surface area contributed by atoms with Gasteiger partial charge in [0.05, 0.1) is 32.6 Å². The summed E-state index contributed by atoms with van der Waals surface area (Å²) in [7, 11) is 1.66. The maximum Gasteiger partial charge on any atom is 0.193 e. The quantitative estimate of drug-likeness (QED) is 0.390. The van der Waals surface area contributed by atoms with Gasteiger partial charge in [0.15, 0.2) is 5.96 Å². The molecule has 0 atom stereocenters. The summed E-state index contributed by atoms with van der Waals surface area (Å²) in [5.74, 6) is 1.21. The number of aliphatic imine (C=N–C) groups is 1. The fourth-order valence-electron chi connectivity index (χ4n) is 3.98. The number of guanidine groups is 1. The molecule has 26 heavy (non-hydrogen) atoms. The Labute approximate surface area is 173 Å². The summed E-state index contributed by atoms with van der Waals surface area (Å²) in [6.45, 7) is 4.37. The number of methoxy groups -OCH3 is 1. The number of nitrogens with two attached hydrogens (primary N) is 1. The molecular formula is C19H31IN4O2. The molecule has 1 heterocycles. The van der Waals surface area contributed by atoms with Gasteiger partial charge in [-0.25, -0.2) is 0 Å². The summed E-state index contributed by atoms with van der Waals surface area (Å²) in [4.78, 5) is 7.29. The molecule has 1 saturated carbocycles. The Balaban J connectivity index is 0.00000243. The van der Waals surface area contributed by atoms with Crippen LogP contribution in [-0.2, 0) is 4.74 Å². The summed E-state index contributed by atoms with van der Waals surface area (Å²) in [5.41, 5.74) is 7.15. The third-order valence-electron chi connectivity index (χ3n) is 5.38. The lowest BCUT2D eigenvalue weighted by Crippen LogP contribution is -2.56. The predicted octanol–water partition coefficient (Wildman–Crippen LogP) is 3.07. The molecule has 1 aliphatic heterocycles. The van der Waals surface area contributed by atoms with E-state index in [2.05, 4.69) is 10.2 Å². The van der Waals surface area contributed by atoms with Gasteiger partial charge in [-0.05, 0) is 25.0 Å². The third kappa shape index (κ3) is 5.23. The molecule has 0 aromatic heterocycles. The second-order valence-corrected chi connectivity index (χ2v) is 6.91. The van der Waals surface area contributed by atoms with Crippen LogP contribution in [0.1, 0.15) is 32.1 Å². The second kappa shape index (κ2) is 10.3. The molecule has 0 bridgehead atoms. The first-order valence-corrected chi connectivity index (χ1v) is 9.26. The summed E-state index contributed by atoms with van der Waals surface area (Å²) in [6, 6.07) is 7.74. The third-order valence-corrected chi connectivity index (χ3v) is 5.38. The van der Waals surface area contributed by atoms with Gasteiger partial charge in [0.2, 0.25) is 0 Å². The van der Waals surface area contributed by atoms with Crippen LogP contribution in [0.2, 0.25) is 0 Å². The van der Waals surface area contributed by atoms with E-state index in [1.807, 2.05) is 24.3 Å². The molecule has 7 heteroatoms. The monoisotopic (exact) mass is 474 g/mol. The van der Waals surface area contributed by atoms with Crippen LogP contribution in [0.3, 0.4) is 0 Å². The Hall–Kier alpha value is -1.06. The highest BCUT2D eigenvalue weighted by Crippen LogP contribution is 2.34. The Morgan fingerprint density at radius 1 is 1.23 bits per heavy atom. The lowest BCUT2D eigenvalue weighted by atomic mass is 9.80. The van der Waals surface area contributed by atoms with Crippen LogP contribution in [0.25, 0.3) is 0 Å². The number of morpholine rings is 1. The minimum atomic E-state index is 0. The SMILES string of the molecule is COc1ccccc1NC(N)=NCC1(N2CCOCC2)CCCCC1.I. The largest absolute Gasteiger partial charge is 0.495 e. The Bertz CT molecular complexity index is 585. The maximum atomic E-state index is 6.18. The van der Waals surface area contributed by atoms with Gasteiger partial charge in [0, 0.05) is 18.6 Å². The van der Waals surface area contributed by atoms with Crippen molar-refractivity contribution in [2.75, 3.05) is 45.3 Å². The highest BCUT2D eigenvalue weighted by Gasteiger charge is 2.38. The number of rotatable bonds is 5. The van der Waals surface area contributed by atoms with Crippen LogP contribution in [0.4, 0.5) is 5.69 Å². The lowest BCUT2D eigenvalue weighted by molar-refractivity contribution is -0.0333. The van der Waals surface area contributed by atoms with Gasteiger partial charge in [-0.15, -0.1) is 24.0 Å². The zero-order valence-corrected chi connectivity index (χ0v) is 17.9. The zero-order chi connectivity index (χ0) is 17.5. The van der Waals surface area contributed by atoms with Crippen molar-refractivity contribution in [3.63, 3.8) is 0 Å². The maximum absolute atomic E-state index is 6.18. The topological polar surface area (TPSA) is 72.1 Å². The lowest BCUT2D eigenvalue weighted by Gasteiger charge is -2.47. The molecule has 0 amide bonds. The van der Waals surface area contributed by atoms with Crippen molar-refractivity contribution in [3.8, 4) is 5.75 Å². The van der Waals surface area contributed by atoms with Gasteiger partial charge in [0.1, 0.15) is 5.75 Å². The molecule has 1 aromatic rings. The molecule has 3 rings (SSSR count). The molecule has 2 fully saturated rings. The van der Waals surface area contributed by atoms with Crippen molar-refractivity contribution in [1.29, 1.82) is 0 Å². The number of nitrogens with one attached hydrogen (secondary N) is 1. The summed E-state index contributed by atoms with van der Waals surface area (Å²) in [6.07, 6.45) is 6.25. The van der Waals surface area contributed by atoms with Crippen molar-refractivity contribution in [2.45, 2.75) is 37.6 Å². The molecule has 0 unspecified atom stereocenters. The second-order valence-electron chi connectivity index (χ2n) is 6.91. The number of nitrogens with zero attached hydrogens (tertiary/aromatic N) is 2. The van der Waals surface area contributed by atoms with Gasteiger partial charge in [-0.1, -0.05) is 31.4 Å². The van der Waals surface area contributed by atoms with Crippen molar-refractivity contribution in [2.24, 2.45) is 10.7 Å². The molecule has 1 aromatic carbocycles. The predicted molar refractivity (Wildman–Crippen MR) is 117 cm³/mol. The first-order chi connectivity index (χ1) is 12.2. The van der Waals surface area contributed by atoms with Crippen LogP contribution in [0.15, 0.2) is 29.3 Å². The van der Waals surface area contributed by atoms with E-state index in [9.17, 15) is 0 Å². The molecule has 6 nitrogen and oxygen atoms in total. The molecular weight excluding hydrogens is 443 g/mol. The number of ether oxygens (including phenoxy) is 2. The number of anilines is 1. The number of halogens is 1. The number of hydrogen-bond acceptors (Lipinski definition) is 4. The van der Waals surface area contributed by atoms with E-state index in [0.29, 0.717) is 5.96 Å². The van der Waals surface area contributed by atoms with Gasteiger partial charge in [0.25, 0.3) is 0 Å². The summed E-state index contributed by atoms with van der Waals surface area (Å²) in [5, 5.41) is 3.18. The normalized spacial score (nSPS) is 20.9. The summed E-state index contributed by atoms with van der Waals surface area (Å²) >= 11 is 0. The summed E-state index contributed by atoms with van der Waals surface area (Å²) < 4.78 is 10.9. The van der Waals surface area contributed by atoms with Crippen molar-refractivity contribution in [3.05, 3.63) is 24.3 Å². The van der Waals surface area contributed by atoms with E-state index in [-0.39, 0.29) is 29.5 Å². The van der Waals surface area contributed by atoms with E-state index >= 15 is 0 Å². The molecule has 2 aliphatic rings. The molecule has 1 saturated heterocycles. The number of benzene rings is 1. The van der Waals surface area contributed by atoms with Gasteiger partial charge < -0.3 is 20.5 Å². The fourth-order valence-corrected chi connectivity index (χ4v) is 3.98. The average Bonchev–Trinajstić information content (AvgIpc) is 2.68. The van der Waals surface area contributed by atoms with Crippen LogP contribution >= 0.6 is 24.0 Å². The highest BCUT2D eigenvalue weighted by molar-refractivity contribution is 14.0. The Morgan fingerprint density at radius 3 is 2.62 bits per heavy atom. The first kappa shape index (κ1) is 21.2. The van der Waals surface area contributed by atoms with E-state index in [1.165, 1.54) is 32.1 Å². The standard InChI is InChI=1S/C19H30N4O2.HI/c1-24-17-8-4-3-7-16(17)22-18(20)21-15-19(9-5-2-6-10-19)23-11-13-25-14-12-23;/h3-4,7-8H,2,5-6,9-15H2,1H3,(H3,20,21,22);1H. The van der Waals surface area contributed by atoms with Crippen LogP contribution in [0, 0.1) is 0 Å². The Kier molecular flexibility index (Phi) is 8.43. The molecule has 3 N–H and O–H groups in total. The smallest absolute Gasteiger partial charge is 0.193 e. The van der Waals surface area contributed by atoms with Crippen LogP contribution in [0.5, 0.6) is 5.75 Å². The molecule has 0 radical (unpaired) electrons. The number of para-hydroxylation sites is 2. The van der Waals surface area contributed by atoms with E-state index in [0.717, 1.165) is 44.3 Å². The first-order valence-electron chi connectivity index (χ1n) is 9.26. The van der Waals surface area contributed by atoms with Crippen molar-refractivity contribution >= 4 is 35.6 Å². The van der Waals surface area contributed by atoms with Crippen molar-refractivity contribution in [1.82, 2.24) is 4.90 Å². The van der Waals surface area contributed by atoms with Gasteiger partial charge in [-0.3, -0.25) is 9.89 Å². The Morgan fingerprint density at radius 2 is 1.92 bits per heavy atom. The number of hydrogen-bond donors (Lipinski definition) is 2. The molecule has 0 spiro atoms. The van der Waals surface area contributed by atoms with Crippen LogP contribution in [-0.4, -0.2) is 56.4 Å². The minimum absolute atomic E-state index is 0. The minimum Gasteiger partial charge on any atom is -0.495 e. The van der Waals surface area contributed by atoms with Crippen molar-refractivity contribution < 1.29 is 9.47 Å². The zero-order valence-electron chi connectivity index (χ0n) is 15.6. The fraction of sp³-hybridized carbons (Fsp3) is 0.632. The van der Waals surface area contributed by atoms with Gasteiger partial charge in [-0.2, -0.15) is 0 Å². The highest BCUT2D eigenvalue weighted by atomic mass is 127. The van der Waals surface area contributed by atoms with E-state index in [4.69, 9.17) is 20.2 Å². The van der Waals surface area contributed by atoms with E-state index < -0.39 is 0 Å². The average molecular weight is 474 g/mol. The molecule has 1 aliphatic carbocycles.